The Morgan fingerprint density at radius 2 is 2.00 bits per heavy atom. The van der Waals surface area contributed by atoms with Crippen LogP contribution in [-0.4, -0.2) is 47.1 Å². The molecule has 1 fully saturated rings. The number of aliphatic hydroxyl groups is 1. The van der Waals surface area contributed by atoms with Gasteiger partial charge in [-0.2, -0.15) is 0 Å². The van der Waals surface area contributed by atoms with E-state index in [2.05, 4.69) is 15.3 Å². The number of hydrogen-bond donors (Lipinski definition) is 2. The largest absolute Gasteiger partial charge is 0.387 e. The van der Waals surface area contributed by atoms with Crippen LogP contribution in [0.25, 0.3) is 11.4 Å². The van der Waals surface area contributed by atoms with E-state index in [1.165, 1.54) is 0 Å². The second-order valence-corrected chi connectivity index (χ2v) is 7.74. The molecule has 1 aromatic heterocycles. The number of aromatic nitrogens is 2. The summed E-state index contributed by atoms with van der Waals surface area (Å²) in [6.45, 7) is 0.150. The minimum atomic E-state index is -3.13. The summed E-state index contributed by atoms with van der Waals surface area (Å²) >= 11 is 0. The van der Waals surface area contributed by atoms with Crippen molar-refractivity contribution in [2.75, 3.05) is 23.4 Å². The van der Waals surface area contributed by atoms with Crippen molar-refractivity contribution in [3.05, 3.63) is 42.6 Å². The Labute approximate surface area is 129 Å². The molecule has 1 aliphatic rings. The summed E-state index contributed by atoms with van der Waals surface area (Å²) in [6.07, 6.45) is 1.88. The third-order valence-electron chi connectivity index (χ3n) is 3.65. The Morgan fingerprint density at radius 3 is 2.68 bits per heavy atom. The molecule has 1 aliphatic heterocycles. The lowest BCUT2D eigenvalue weighted by atomic mass is 10.0. The van der Waals surface area contributed by atoms with E-state index in [1.54, 1.807) is 12.3 Å². The van der Waals surface area contributed by atoms with E-state index in [0.29, 0.717) is 11.6 Å². The van der Waals surface area contributed by atoms with E-state index in [4.69, 9.17) is 0 Å². The second-order valence-electron chi connectivity index (χ2n) is 5.55. The number of nitrogens with zero attached hydrogens (tertiary/aromatic N) is 2. The van der Waals surface area contributed by atoms with Gasteiger partial charge in [0.25, 0.3) is 0 Å². The van der Waals surface area contributed by atoms with Gasteiger partial charge in [0.2, 0.25) is 0 Å². The van der Waals surface area contributed by atoms with Gasteiger partial charge in [-0.1, -0.05) is 30.3 Å². The van der Waals surface area contributed by atoms with Gasteiger partial charge in [0.1, 0.15) is 5.82 Å². The van der Waals surface area contributed by atoms with Crippen LogP contribution < -0.4 is 5.32 Å². The van der Waals surface area contributed by atoms with Crippen LogP contribution in [0.1, 0.15) is 6.42 Å². The van der Waals surface area contributed by atoms with Crippen molar-refractivity contribution in [3.8, 4) is 11.4 Å². The van der Waals surface area contributed by atoms with Gasteiger partial charge in [0.05, 0.1) is 17.1 Å². The Kier molecular flexibility index (Phi) is 3.84. The summed E-state index contributed by atoms with van der Waals surface area (Å²) in [4.78, 5) is 8.61. The standard InChI is InChI=1S/C15H17N3O3S/c19-15(7-9-22(20,21)11-15)10-17-13-6-8-16-14(18-13)12-4-2-1-3-5-12/h1-6,8,19H,7,9-11H2,(H,16,17,18). The van der Waals surface area contributed by atoms with Crippen LogP contribution in [0, 0.1) is 0 Å². The fourth-order valence-electron chi connectivity index (χ4n) is 2.48. The third-order valence-corrected chi connectivity index (χ3v) is 5.46. The molecule has 1 aromatic carbocycles. The number of benzene rings is 1. The summed E-state index contributed by atoms with van der Waals surface area (Å²) in [6, 6.07) is 11.3. The molecule has 0 aliphatic carbocycles. The zero-order valence-corrected chi connectivity index (χ0v) is 12.8. The van der Waals surface area contributed by atoms with Gasteiger partial charge >= 0.3 is 0 Å². The number of nitrogens with one attached hydrogen (secondary N) is 1. The van der Waals surface area contributed by atoms with Gasteiger partial charge in [-0.3, -0.25) is 0 Å². The molecule has 1 unspecified atom stereocenters. The number of anilines is 1. The van der Waals surface area contributed by atoms with Gasteiger partial charge < -0.3 is 10.4 Å². The summed E-state index contributed by atoms with van der Waals surface area (Å²) in [5, 5.41) is 13.3. The molecule has 0 amide bonds. The molecule has 1 saturated heterocycles. The maximum Gasteiger partial charge on any atom is 0.161 e. The first-order chi connectivity index (χ1) is 10.5. The highest BCUT2D eigenvalue weighted by molar-refractivity contribution is 7.91. The van der Waals surface area contributed by atoms with Crippen molar-refractivity contribution >= 4 is 15.7 Å². The highest BCUT2D eigenvalue weighted by Gasteiger charge is 2.40. The van der Waals surface area contributed by atoms with Crippen molar-refractivity contribution in [1.82, 2.24) is 9.97 Å². The van der Waals surface area contributed by atoms with E-state index in [9.17, 15) is 13.5 Å². The number of hydrogen-bond acceptors (Lipinski definition) is 6. The van der Waals surface area contributed by atoms with Gasteiger partial charge in [-0.05, 0) is 12.5 Å². The molecular formula is C15H17N3O3S. The molecule has 116 valence electrons. The molecule has 2 N–H and O–H groups in total. The van der Waals surface area contributed by atoms with Crippen LogP contribution in [0.5, 0.6) is 0 Å². The first kappa shape index (κ1) is 14.9. The molecule has 3 rings (SSSR count). The van der Waals surface area contributed by atoms with Gasteiger partial charge in [0, 0.05) is 18.3 Å². The smallest absolute Gasteiger partial charge is 0.161 e. The zero-order valence-electron chi connectivity index (χ0n) is 11.9. The molecule has 2 aromatic rings. The van der Waals surface area contributed by atoms with E-state index < -0.39 is 15.4 Å². The van der Waals surface area contributed by atoms with Crippen molar-refractivity contribution < 1.29 is 13.5 Å². The SMILES string of the molecule is O=S1(=O)CCC(O)(CNc2ccnc(-c3ccccc3)n2)C1. The van der Waals surface area contributed by atoms with E-state index >= 15 is 0 Å². The minimum absolute atomic E-state index is 0.0320. The van der Waals surface area contributed by atoms with Crippen LogP contribution in [0.4, 0.5) is 5.82 Å². The van der Waals surface area contributed by atoms with Crippen LogP contribution >= 0.6 is 0 Å². The van der Waals surface area contributed by atoms with Crippen molar-refractivity contribution in [2.24, 2.45) is 0 Å². The van der Waals surface area contributed by atoms with Crippen LogP contribution in [0.3, 0.4) is 0 Å². The molecule has 0 bridgehead atoms. The van der Waals surface area contributed by atoms with Crippen LogP contribution in [-0.2, 0) is 9.84 Å². The summed E-state index contributed by atoms with van der Waals surface area (Å²) in [5.74, 6) is 0.969. The predicted octanol–water partition coefficient (Wildman–Crippen LogP) is 1.11. The Bertz CT molecular complexity index is 765. The molecule has 22 heavy (non-hydrogen) atoms. The second kappa shape index (κ2) is 5.66. The average molecular weight is 319 g/mol. The van der Waals surface area contributed by atoms with Crippen molar-refractivity contribution in [3.63, 3.8) is 0 Å². The molecule has 0 radical (unpaired) electrons. The fourth-order valence-corrected chi connectivity index (χ4v) is 4.38. The quantitative estimate of drug-likeness (QED) is 0.877. The van der Waals surface area contributed by atoms with Crippen LogP contribution in [0.15, 0.2) is 42.6 Å². The Balaban J connectivity index is 1.72. The van der Waals surface area contributed by atoms with E-state index in [0.717, 1.165) is 5.56 Å². The average Bonchev–Trinajstić information content (AvgIpc) is 2.81. The lowest BCUT2D eigenvalue weighted by Gasteiger charge is -2.21. The Morgan fingerprint density at radius 1 is 1.23 bits per heavy atom. The maximum atomic E-state index is 11.5. The molecule has 1 atom stereocenters. The summed E-state index contributed by atoms with van der Waals surface area (Å²) in [5.41, 5.74) is -0.329. The fraction of sp³-hybridized carbons (Fsp3) is 0.333. The van der Waals surface area contributed by atoms with Crippen molar-refractivity contribution in [1.29, 1.82) is 0 Å². The molecule has 0 saturated carbocycles. The normalized spacial score (nSPS) is 23.3. The van der Waals surface area contributed by atoms with E-state index in [1.807, 2.05) is 30.3 Å². The maximum absolute atomic E-state index is 11.5. The van der Waals surface area contributed by atoms with Crippen molar-refractivity contribution in [2.45, 2.75) is 12.0 Å². The highest BCUT2D eigenvalue weighted by Crippen LogP contribution is 2.24. The zero-order chi connectivity index (χ0) is 15.6. The molecule has 6 nitrogen and oxygen atoms in total. The lowest BCUT2D eigenvalue weighted by molar-refractivity contribution is 0.0814. The molecule has 2 heterocycles. The van der Waals surface area contributed by atoms with E-state index in [-0.39, 0.29) is 24.5 Å². The first-order valence-electron chi connectivity index (χ1n) is 7.01. The Hall–Kier alpha value is -1.99. The number of rotatable bonds is 4. The topological polar surface area (TPSA) is 92.2 Å². The monoisotopic (exact) mass is 319 g/mol. The minimum Gasteiger partial charge on any atom is -0.387 e. The molecule has 7 heteroatoms. The van der Waals surface area contributed by atoms with Gasteiger partial charge in [0.15, 0.2) is 15.7 Å². The van der Waals surface area contributed by atoms with Crippen LogP contribution in [0.2, 0.25) is 0 Å². The first-order valence-corrected chi connectivity index (χ1v) is 8.83. The molecule has 0 spiro atoms. The molecular weight excluding hydrogens is 302 g/mol. The third kappa shape index (κ3) is 3.42. The summed E-state index contributed by atoms with van der Waals surface area (Å²) < 4.78 is 23.0. The number of sulfone groups is 1. The van der Waals surface area contributed by atoms with Gasteiger partial charge in [-0.25, -0.2) is 18.4 Å². The predicted molar refractivity (Wildman–Crippen MR) is 84.2 cm³/mol. The summed E-state index contributed by atoms with van der Waals surface area (Å²) in [7, 11) is -3.13. The van der Waals surface area contributed by atoms with Gasteiger partial charge in [-0.15, -0.1) is 0 Å². The lowest BCUT2D eigenvalue weighted by Crippen LogP contribution is -2.38. The highest BCUT2D eigenvalue weighted by atomic mass is 32.2.